The Hall–Kier alpha value is -5.27. The molecule has 0 saturated carbocycles. The van der Waals surface area contributed by atoms with Crippen LogP contribution in [0.25, 0.3) is 11.4 Å². The molecular formula is C32H29F2N7O4. The Morgan fingerprint density at radius 2 is 1.49 bits per heavy atom. The van der Waals surface area contributed by atoms with E-state index in [-0.39, 0.29) is 35.6 Å². The number of hydrogen-bond acceptors (Lipinski definition) is 8. The summed E-state index contributed by atoms with van der Waals surface area (Å²) in [5, 5.41) is 11.4. The maximum absolute atomic E-state index is 14.5. The third kappa shape index (κ3) is 6.79. The van der Waals surface area contributed by atoms with Gasteiger partial charge < -0.3 is 26.0 Å². The number of morpholine rings is 1. The van der Waals surface area contributed by atoms with E-state index >= 15 is 0 Å². The second-order valence-corrected chi connectivity index (χ2v) is 10.4. The molecule has 3 amide bonds. The molecule has 1 saturated heterocycles. The molecule has 0 unspecified atom stereocenters. The molecule has 45 heavy (non-hydrogen) atoms. The lowest BCUT2D eigenvalue weighted by Crippen LogP contribution is -2.41. The standard InChI is InChI=1S/C32H29F2N7O4/c33-23-2-1-3-24(34)26(23)28-39-25-18-36-32(44)27(25)29(40-28)37-21-8-6-20(7-9-21)31(43)38-22-10-4-19(5-11-22)30(42)35-12-13-41-14-16-45-17-15-41/h1-11H,12-18H2,(H,35,42)(H,36,44)(H,38,43)(H,37,39,40). The van der Waals surface area contributed by atoms with Crippen LogP contribution in [0.5, 0.6) is 0 Å². The van der Waals surface area contributed by atoms with Crippen LogP contribution in [0.1, 0.15) is 36.8 Å². The van der Waals surface area contributed by atoms with Crippen molar-refractivity contribution >= 4 is 34.9 Å². The molecule has 3 heterocycles. The predicted molar refractivity (Wildman–Crippen MR) is 162 cm³/mol. The van der Waals surface area contributed by atoms with Crippen LogP contribution in [0.4, 0.5) is 26.0 Å². The second-order valence-electron chi connectivity index (χ2n) is 10.4. The summed E-state index contributed by atoms with van der Waals surface area (Å²) < 4.78 is 34.3. The van der Waals surface area contributed by atoms with Crippen molar-refractivity contribution in [2.75, 3.05) is 50.0 Å². The molecule has 1 aromatic heterocycles. The molecule has 13 heteroatoms. The monoisotopic (exact) mass is 613 g/mol. The van der Waals surface area contributed by atoms with Gasteiger partial charge in [-0.3, -0.25) is 19.3 Å². The van der Waals surface area contributed by atoms with Gasteiger partial charge in [-0.25, -0.2) is 18.7 Å². The zero-order valence-corrected chi connectivity index (χ0v) is 24.0. The first-order valence-corrected chi connectivity index (χ1v) is 14.4. The number of anilines is 3. The maximum Gasteiger partial charge on any atom is 0.257 e. The average molecular weight is 614 g/mol. The molecule has 6 rings (SSSR count). The van der Waals surface area contributed by atoms with Crippen LogP contribution in [0, 0.1) is 11.6 Å². The summed E-state index contributed by atoms with van der Waals surface area (Å²) in [5.74, 6) is -2.76. The number of nitrogens with one attached hydrogen (secondary N) is 4. The van der Waals surface area contributed by atoms with Gasteiger partial charge in [0.1, 0.15) is 23.0 Å². The van der Waals surface area contributed by atoms with Crippen LogP contribution in [0.2, 0.25) is 0 Å². The Morgan fingerprint density at radius 3 is 2.18 bits per heavy atom. The van der Waals surface area contributed by atoms with Crippen LogP contribution in [0.15, 0.2) is 66.7 Å². The molecule has 0 bridgehead atoms. The molecule has 4 aromatic rings. The van der Waals surface area contributed by atoms with Gasteiger partial charge in [0.15, 0.2) is 5.82 Å². The lowest BCUT2D eigenvalue weighted by atomic mass is 10.1. The highest BCUT2D eigenvalue weighted by atomic mass is 19.1. The quantitative estimate of drug-likeness (QED) is 0.224. The van der Waals surface area contributed by atoms with E-state index in [9.17, 15) is 23.2 Å². The number of amides is 3. The number of carbonyl (C=O) groups excluding carboxylic acids is 3. The molecule has 2 aliphatic heterocycles. The Bertz CT molecular complexity index is 1720. The Morgan fingerprint density at radius 1 is 0.844 bits per heavy atom. The normalized spacial score (nSPS) is 14.4. The molecule has 230 valence electrons. The third-order valence-electron chi connectivity index (χ3n) is 7.45. The number of benzene rings is 3. The fourth-order valence-corrected chi connectivity index (χ4v) is 5.04. The minimum atomic E-state index is -0.828. The number of hydrogen-bond donors (Lipinski definition) is 4. The summed E-state index contributed by atoms with van der Waals surface area (Å²) in [6, 6.07) is 16.4. The van der Waals surface area contributed by atoms with E-state index in [1.54, 1.807) is 48.5 Å². The number of rotatable bonds is 9. The Labute approximate surface area is 257 Å². The van der Waals surface area contributed by atoms with E-state index in [1.807, 2.05) is 0 Å². The third-order valence-corrected chi connectivity index (χ3v) is 7.45. The number of nitrogens with zero attached hydrogens (tertiary/aromatic N) is 3. The van der Waals surface area contributed by atoms with Crippen molar-refractivity contribution in [2.45, 2.75) is 6.54 Å². The predicted octanol–water partition coefficient (Wildman–Crippen LogP) is 3.72. The number of ether oxygens (including phenoxy) is 1. The van der Waals surface area contributed by atoms with E-state index in [0.29, 0.717) is 48.0 Å². The van der Waals surface area contributed by atoms with Gasteiger partial charge in [0, 0.05) is 48.7 Å². The fourth-order valence-electron chi connectivity index (χ4n) is 5.04. The molecule has 1 fully saturated rings. The van der Waals surface area contributed by atoms with Crippen molar-refractivity contribution < 1.29 is 27.9 Å². The van der Waals surface area contributed by atoms with Crippen LogP contribution in [0.3, 0.4) is 0 Å². The molecule has 0 radical (unpaired) electrons. The SMILES string of the molecule is O=C(NCCN1CCOCC1)c1ccc(NC(=O)c2ccc(Nc3nc(-c4c(F)cccc4F)nc4c3C(=O)NC4)cc2)cc1. The van der Waals surface area contributed by atoms with E-state index in [0.717, 1.165) is 31.8 Å². The summed E-state index contributed by atoms with van der Waals surface area (Å²) in [6.45, 7) is 4.49. The van der Waals surface area contributed by atoms with Gasteiger partial charge in [0.2, 0.25) is 0 Å². The first-order valence-electron chi connectivity index (χ1n) is 14.4. The Kier molecular flexibility index (Phi) is 8.71. The van der Waals surface area contributed by atoms with Crippen LogP contribution < -0.4 is 21.3 Å². The van der Waals surface area contributed by atoms with Gasteiger partial charge in [-0.05, 0) is 60.7 Å². The van der Waals surface area contributed by atoms with Crippen LogP contribution >= 0.6 is 0 Å². The van der Waals surface area contributed by atoms with Crippen molar-refractivity contribution in [2.24, 2.45) is 0 Å². The van der Waals surface area contributed by atoms with Gasteiger partial charge >= 0.3 is 0 Å². The minimum Gasteiger partial charge on any atom is -0.379 e. The number of carbonyl (C=O) groups is 3. The van der Waals surface area contributed by atoms with Crippen molar-refractivity contribution in [3.8, 4) is 11.4 Å². The minimum absolute atomic E-state index is 0.0788. The van der Waals surface area contributed by atoms with Crippen molar-refractivity contribution in [3.05, 3.63) is 101 Å². The second kappa shape index (κ2) is 13.2. The molecule has 2 aliphatic rings. The number of fused-ring (bicyclic) bond motifs is 1. The van der Waals surface area contributed by atoms with E-state index in [2.05, 4.69) is 36.1 Å². The van der Waals surface area contributed by atoms with Gasteiger partial charge in [0.05, 0.1) is 31.0 Å². The highest BCUT2D eigenvalue weighted by Crippen LogP contribution is 2.30. The summed E-state index contributed by atoms with van der Waals surface area (Å²) in [4.78, 5) is 48.6. The zero-order chi connectivity index (χ0) is 31.3. The molecule has 4 N–H and O–H groups in total. The van der Waals surface area contributed by atoms with Crippen LogP contribution in [-0.2, 0) is 11.3 Å². The fraction of sp³-hybridized carbons (Fsp3) is 0.219. The van der Waals surface area contributed by atoms with E-state index in [4.69, 9.17) is 4.74 Å². The van der Waals surface area contributed by atoms with E-state index in [1.165, 1.54) is 6.07 Å². The summed E-state index contributed by atoms with van der Waals surface area (Å²) >= 11 is 0. The van der Waals surface area contributed by atoms with Gasteiger partial charge in [-0.2, -0.15) is 0 Å². The topological polar surface area (TPSA) is 138 Å². The van der Waals surface area contributed by atoms with Gasteiger partial charge in [-0.1, -0.05) is 6.07 Å². The Balaban J connectivity index is 1.09. The van der Waals surface area contributed by atoms with E-state index < -0.39 is 23.1 Å². The smallest absolute Gasteiger partial charge is 0.257 e. The summed E-state index contributed by atoms with van der Waals surface area (Å²) in [5.41, 5.74) is 1.92. The average Bonchev–Trinajstić information content (AvgIpc) is 3.42. The van der Waals surface area contributed by atoms with Crippen molar-refractivity contribution in [3.63, 3.8) is 0 Å². The van der Waals surface area contributed by atoms with Crippen LogP contribution in [-0.4, -0.2) is 72.0 Å². The van der Waals surface area contributed by atoms with Crippen molar-refractivity contribution in [1.82, 2.24) is 25.5 Å². The zero-order valence-electron chi connectivity index (χ0n) is 24.0. The molecule has 3 aromatic carbocycles. The number of aromatic nitrogens is 2. The lowest BCUT2D eigenvalue weighted by molar-refractivity contribution is 0.0383. The lowest BCUT2D eigenvalue weighted by Gasteiger charge is -2.26. The number of halogens is 2. The first kappa shape index (κ1) is 29.8. The molecule has 11 nitrogen and oxygen atoms in total. The molecule has 0 spiro atoms. The van der Waals surface area contributed by atoms with Gasteiger partial charge in [0.25, 0.3) is 17.7 Å². The first-order chi connectivity index (χ1) is 21.9. The largest absolute Gasteiger partial charge is 0.379 e. The highest BCUT2D eigenvalue weighted by molar-refractivity contribution is 6.05. The van der Waals surface area contributed by atoms with Crippen molar-refractivity contribution in [1.29, 1.82) is 0 Å². The van der Waals surface area contributed by atoms with Gasteiger partial charge in [-0.15, -0.1) is 0 Å². The maximum atomic E-state index is 14.5. The molecular weight excluding hydrogens is 584 g/mol. The molecule has 0 aliphatic carbocycles. The highest BCUT2D eigenvalue weighted by Gasteiger charge is 2.28. The summed E-state index contributed by atoms with van der Waals surface area (Å²) in [6.07, 6.45) is 0. The molecule has 0 atom stereocenters. The summed E-state index contributed by atoms with van der Waals surface area (Å²) in [7, 11) is 0.